The number of nitrogens with one attached hydrogen (secondary N) is 4. The van der Waals surface area contributed by atoms with Gasteiger partial charge in [-0.25, -0.2) is 4.98 Å². The van der Waals surface area contributed by atoms with Gasteiger partial charge in [-0.2, -0.15) is 15.3 Å². The molecule has 0 radical (unpaired) electrons. The van der Waals surface area contributed by atoms with Crippen LogP contribution in [0.1, 0.15) is 88.5 Å². The SMILES string of the molecule is CNC(=O)C(CCC=O)N(C)C(=O)c1cc(N2CCN(CCCNC(=O)c3ccc(Nc4nc(-c5cnn(C(CC#N)C6CCCC6)c5)c5cc[nH]c5n4)cc3)CC2)ccc1C=O. The Balaban J connectivity index is 0.887. The number of aldehydes is 2. The van der Waals surface area contributed by atoms with Crippen LogP contribution in [0, 0.1) is 17.2 Å². The van der Waals surface area contributed by atoms with E-state index in [0.29, 0.717) is 61.7 Å². The number of nitriles is 1. The van der Waals surface area contributed by atoms with Crippen molar-refractivity contribution >= 4 is 58.7 Å². The second-order valence-corrected chi connectivity index (χ2v) is 16.1. The monoisotopic (exact) mass is 854 g/mol. The van der Waals surface area contributed by atoms with Crippen LogP contribution in [-0.2, 0) is 9.59 Å². The molecule has 1 aliphatic heterocycles. The first-order valence-corrected chi connectivity index (χ1v) is 21.6. The summed E-state index contributed by atoms with van der Waals surface area (Å²) in [5.41, 5.74) is 4.75. The summed E-state index contributed by atoms with van der Waals surface area (Å²) in [4.78, 5) is 80.6. The predicted molar refractivity (Wildman–Crippen MR) is 239 cm³/mol. The van der Waals surface area contributed by atoms with Gasteiger partial charge in [-0.1, -0.05) is 12.8 Å². The van der Waals surface area contributed by atoms with Crippen LogP contribution >= 0.6 is 0 Å². The minimum absolute atomic E-state index is 0.0388. The molecule has 2 atom stereocenters. The van der Waals surface area contributed by atoms with Crippen LogP contribution in [0.4, 0.5) is 17.3 Å². The van der Waals surface area contributed by atoms with Crippen molar-refractivity contribution in [3.63, 3.8) is 0 Å². The first kappa shape index (κ1) is 44.1. The van der Waals surface area contributed by atoms with Crippen LogP contribution in [0.25, 0.3) is 22.3 Å². The maximum absolute atomic E-state index is 13.6. The zero-order valence-corrected chi connectivity index (χ0v) is 35.8. The second kappa shape index (κ2) is 20.8. The highest BCUT2D eigenvalue weighted by Crippen LogP contribution is 2.37. The molecule has 2 aromatic carbocycles. The lowest BCUT2D eigenvalue weighted by Gasteiger charge is -2.36. The molecule has 4 N–H and O–H groups in total. The van der Waals surface area contributed by atoms with E-state index in [0.717, 1.165) is 66.9 Å². The standard InChI is InChI=1S/C46H54N12O5/c1-48-44(62)40(9-5-26-59)55(2)45(63)38-27-36(15-12-33(38)30-60)57-24-22-56(23-25-57)21-6-19-50-43(61)32-10-13-35(14-11-32)52-46-53-41(37-17-20-49-42(37)54-46)34-28-51-58(29-34)39(16-18-47)31-7-3-4-8-31/h10-15,17,20,26-31,39-40H,3-9,16,19,21-25H2,1-2H3,(H,48,62)(H,50,61)(H2,49,52,53,54). The van der Waals surface area contributed by atoms with Crippen LogP contribution in [0.15, 0.2) is 67.1 Å². The van der Waals surface area contributed by atoms with E-state index in [1.807, 2.05) is 41.3 Å². The normalized spacial score (nSPS) is 15.3. The summed E-state index contributed by atoms with van der Waals surface area (Å²) in [6.07, 6.45) is 13.0. The molecule has 7 rings (SSSR count). The van der Waals surface area contributed by atoms with E-state index in [1.165, 1.54) is 31.8 Å². The summed E-state index contributed by atoms with van der Waals surface area (Å²) in [5, 5.41) is 24.0. The van der Waals surface area contributed by atoms with E-state index in [9.17, 15) is 29.2 Å². The third-order valence-corrected chi connectivity index (χ3v) is 12.2. The molecule has 1 saturated carbocycles. The van der Waals surface area contributed by atoms with Crippen molar-refractivity contribution in [3.05, 3.63) is 83.8 Å². The van der Waals surface area contributed by atoms with E-state index < -0.39 is 11.9 Å². The number of hydrogen-bond acceptors (Lipinski definition) is 12. The fourth-order valence-corrected chi connectivity index (χ4v) is 8.69. The molecule has 2 aliphatic rings. The summed E-state index contributed by atoms with van der Waals surface area (Å²) in [6, 6.07) is 15.8. The number of likely N-dealkylation sites (N-methyl/N-ethyl adjacent to an activating group) is 2. The Hall–Kier alpha value is -6.93. The van der Waals surface area contributed by atoms with E-state index in [4.69, 9.17) is 4.98 Å². The summed E-state index contributed by atoms with van der Waals surface area (Å²) < 4.78 is 1.93. The number of benzene rings is 2. The lowest BCUT2D eigenvalue weighted by atomic mass is 9.96. The van der Waals surface area contributed by atoms with Gasteiger partial charge in [0, 0.05) is 99.1 Å². The summed E-state index contributed by atoms with van der Waals surface area (Å²) in [5.74, 6) is -0.176. The Bertz CT molecular complexity index is 2440. The van der Waals surface area contributed by atoms with Crippen molar-refractivity contribution in [2.45, 2.75) is 63.5 Å². The molecule has 4 heterocycles. The van der Waals surface area contributed by atoms with Gasteiger partial charge in [0.2, 0.25) is 11.9 Å². The Morgan fingerprint density at radius 2 is 1.81 bits per heavy atom. The number of aromatic amines is 1. The van der Waals surface area contributed by atoms with Crippen LogP contribution in [0.3, 0.4) is 0 Å². The van der Waals surface area contributed by atoms with Crippen LogP contribution in [0.2, 0.25) is 0 Å². The van der Waals surface area contributed by atoms with E-state index in [2.05, 4.69) is 46.9 Å². The predicted octanol–water partition coefficient (Wildman–Crippen LogP) is 5.13. The smallest absolute Gasteiger partial charge is 0.255 e. The molecule has 5 aromatic rings. The first-order valence-electron chi connectivity index (χ1n) is 21.6. The molecular formula is C46H54N12O5. The third kappa shape index (κ3) is 10.4. The van der Waals surface area contributed by atoms with E-state index in [-0.39, 0.29) is 41.8 Å². The number of fused-ring (bicyclic) bond motifs is 1. The average Bonchev–Trinajstić information content (AvgIpc) is 4.13. The van der Waals surface area contributed by atoms with Gasteiger partial charge >= 0.3 is 0 Å². The maximum Gasteiger partial charge on any atom is 0.255 e. The molecule has 0 bridgehead atoms. The molecule has 1 saturated heterocycles. The summed E-state index contributed by atoms with van der Waals surface area (Å²) in [7, 11) is 2.98. The summed E-state index contributed by atoms with van der Waals surface area (Å²) >= 11 is 0. The number of amides is 3. The highest BCUT2D eigenvalue weighted by Gasteiger charge is 2.30. The summed E-state index contributed by atoms with van der Waals surface area (Å²) in [6.45, 7) is 4.27. The lowest BCUT2D eigenvalue weighted by molar-refractivity contribution is -0.125. The molecule has 17 heteroatoms. The number of anilines is 3. The van der Waals surface area contributed by atoms with Crippen molar-refractivity contribution < 1.29 is 24.0 Å². The topological polar surface area (TPSA) is 214 Å². The molecule has 1 aliphatic carbocycles. The number of carbonyl (C=O) groups is 5. The van der Waals surface area contributed by atoms with Crippen LogP contribution in [-0.4, -0.2) is 124 Å². The first-order chi connectivity index (χ1) is 30.7. The van der Waals surface area contributed by atoms with Crippen LogP contribution < -0.4 is 20.9 Å². The quantitative estimate of drug-likeness (QED) is 0.0629. The van der Waals surface area contributed by atoms with Crippen molar-refractivity contribution in [2.75, 3.05) is 63.6 Å². The van der Waals surface area contributed by atoms with Crippen molar-refractivity contribution in [2.24, 2.45) is 5.92 Å². The number of carbonyl (C=O) groups excluding carboxylic acids is 5. The molecule has 328 valence electrons. The number of piperazine rings is 1. The molecule has 2 fully saturated rings. The maximum atomic E-state index is 13.6. The number of rotatable bonds is 19. The Labute approximate surface area is 366 Å². The Morgan fingerprint density at radius 3 is 2.52 bits per heavy atom. The molecule has 2 unspecified atom stereocenters. The van der Waals surface area contributed by atoms with Crippen LogP contribution in [0.5, 0.6) is 0 Å². The van der Waals surface area contributed by atoms with Crippen molar-refractivity contribution in [3.8, 4) is 17.3 Å². The van der Waals surface area contributed by atoms with Gasteiger partial charge in [-0.15, -0.1) is 0 Å². The highest BCUT2D eigenvalue weighted by molar-refractivity contribution is 6.04. The fourth-order valence-electron chi connectivity index (χ4n) is 8.69. The van der Waals surface area contributed by atoms with Gasteiger partial charge in [0.25, 0.3) is 11.8 Å². The second-order valence-electron chi connectivity index (χ2n) is 16.1. The van der Waals surface area contributed by atoms with Crippen molar-refractivity contribution in [1.29, 1.82) is 5.26 Å². The number of H-pyrrole nitrogens is 1. The van der Waals surface area contributed by atoms with Crippen molar-refractivity contribution in [1.82, 2.24) is 45.2 Å². The van der Waals surface area contributed by atoms with Gasteiger partial charge < -0.3 is 35.5 Å². The number of aromatic nitrogens is 5. The molecule has 0 spiro atoms. The molecule has 3 aromatic heterocycles. The van der Waals surface area contributed by atoms with Gasteiger partial charge in [0.05, 0.1) is 36.0 Å². The highest BCUT2D eigenvalue weighted by atomic mass is 16.2. The van der Waals surface area contributed by atoms with Gasteiger partial charge in [0.15, 0.2) is 6.29 Å². The molecule has 17 nitrogen and oxygen atoms in total. The molecular weight excluding hydrogens is 801 g/mol. The zero-order chi connectivity index (χ0) is 44.3. The van der Waals surface area contributed by atoms with E-state index in [1.54, 1.807) is 30.5 Å². The number of nitrogens with zero attached hydrogens (tertiary/aromatic N) is 8. The lowest BCUT2D eigenvalue weighted by Crippen LogP contribution is -2.47. The third-order valence-electron chi connectivity index (χ3n) is 12.2. The average molecular weight is 855 g/mol. The van der Waals surface area contributed by atoms with E-state index >= 15 is 0 Å². The Kier molecular flexibility index (Phi) is 14.5. The Morgan fingerprint density at radius 1 is 1.03 bits per heavy atom. The fraction of sp³-hybridized carbons (Fsp3) is 0.413. The van der Waals surface area contributed by atoms with Gasteiger partial charge in [0.1, 0.15) is 18.0 Å². The minimum Gasteiger partial charge on any atom is -0.369 e. The van der Waals surface area contributed by atoms with Gasteiger partial charge in [-0.05, 0) is 86.7 Å². The molecule has 63 heavy (non-hydrogen) atoms. The minimum atomic E-state index is -0.852. The zero-order valence-electron chi connectivity index (χ0n) is 35.8. The largest absolute Gasteiger partial charge is 0.369 e. The molecule has 3 amide bonds. The van der Waals surface area contributed by atoms with Gasteiger partial charge in [-0.3, -0.25) is 28.8 Å². The number of hydrogen-bond donors (Lipinski definition) is 4.